The molecule has 2 aliphatic rings. The first-order valence-electron chi connectivity index (χ1n) is 7.98. The normalized spacial score (nSPS) is 22.7. The summed E-state index contributed by atoms with van der Waals surface area (Å²) >= 11 is 12.4. The van der Waals surface area contributed by atoms with Crippen LogP contribution in [0.25, 0.3) is 0 Å². The Morgan fingerprint density at radius 2 is 1.96 bits per heavy atom. The number of aryl methyl sites for hydroxylation is 1. The monoisotopic (exact) mass is 376 g/mol. The molecule has 1 saturated heterocycles. The van der Waals surface area contributed by atoms with E-state index in [9.17, 15) is 8.42 Å². The molecule has 1 saturated carbocycles. The first kappa shape index (κ1) is 17.5. The summed E-state index contributed by atoms with van der Waals surface area (Å²) in [6, 6.07) is 2.44. The number of hydrogen-bond donors (Lipinski definition) is 1. The Hall–Kier alpha value is -0.330. The van der Waals surface area contributed by atoms with Gasteiger partial charge in [0.05, 0.1) is 5.02 Å². The lowest BCUT2D eigenvalue weighted by molar-refractivity contribution is 0.314. The van der Waals surface area contributed by atoms with Gasteiger partial charge in [0.2, 0.25) is 10.0 Å². The third-order valence-corrected chi connectivity index (χ3v) is 7.39. The van der Waals surface area contributed by atoms with Gasteiger partial charge in [-0.05, 0) is 62.8 Å². The first-order chi connectivity index (χ1) is 10.8. The highest BCUT2D eigenvalue weighted by Crippen LogP contribution is 2.34. The lowest BCUT2D eigenvalue weighted by Crippen LogP contribution is -2.32. The zero-order chi connectivity index (χ0) is 16.8. The van der Waals surface area contributed by atoms with E-state index < -0.39 is 10.0 Å². The van der Waals surface area contributed by atoms with Crippen LogP contribution < -0.4 is 4.72 Å². The third kappa shape index (κ3) is 3.69. The molecule has 1 aliphatic heterocycles. The van der Waals surface area contributed by atoms with Crippen LogP contribution in [0.4, 0.5) is 0 Å². The maximum absolute atomic E-state index is 12.7. The van der Waals surface area contributed by atoms with E-state index in [1.54, 1.807) is 19.9 Å². The Bertz CT molecular complexity index is 691. The molecule has 0 radical (unpaired) electrons. The lowest BCUT2D eigenvalue weighted by Gasteiger charge is -2.17. The summed E-state index contributed by atoms with van der Waals surface area (Å²) in [5, 5.41) is 0.679. The van der Waals surface area contributed by atoms with Crippen molar-refractivity contribution in [3.05, 3.63) is 27.2 Å². The largest absolute Gasteiger partial charge is 0.300 e. The molecule has 1 aromatic rings. The van der Waals surface area contributed by atoms with Crippen molar-refractivity contribution in [2.45, 2.75) is 44.0 Å². The van der Waals surface area contributed by atoms with Crippen molar-refractivity contribution in [3.63, 3.8) is 0 Å². The fraction of sp³-hybridized carbons (Fsp3) is 0.625. The van der Waals surface area contributed by atoms with Crippen LogP contribution in [0.15, 0.2) is 11.0 Å². The predicted octanol–water partition coefficient (Wildman–Crippen LogP) is 3.37. The lowest BCUT2D eigenvalue weighted by atomic mass is 10.1. The standard InChI is InChI=1S/C16H22Cl2N2O2S/c1-10-7-14(17)11(2)16(15(10)18)23(21,22)19-8-12-5-6-20(9-12)13-3-4-13/h7,12-13,19H,3-6,8-9H2,1-2H3. The number of benzene rings is 1. The molecule has 2 fully saturated rings. The summed E-state index contributed by atoms with van der Waals surface area (Å²) in [4.78, 5) is 2.59. The van der Waals surface area contributed by atoms with Gasteiger partial charge in [-0.3, -0.25) is 0 Å². The van der Waals surface area contributed by atoms with Gasteiger partial charge < -0.3 is 4.90 Å². The number of hydrogen-bond acceptors (Lipinski definition) is 3. The van der Waals surface area contributed by atoms with E-state index in [-0.39, 0.29) is 9.92 Å². The highest BCUT2D eigenvalue weighted by molar-refractivity contribution is 7.89. The molecule has 23 heavy (non-hydrogen) atoms. The predicted molar refractivity (Wildman–Crippen MR) is 93.8 cm³/mol. The quantitative estimate of drug-likeness (QED) is 0.856. The van der Waals surface area contributed by atoms with Gasteiger partial charge >= 0.3 is 0 Å². The molecule has 128 valence electrons. The van der Waals surface area contributed by atoms with Gasteiger partial charge in [0.1, 0.15) is 4.90 Å². The Labute approximate surface area is 148 Å². The van der Waals surface area contributed by atoms with Crippen LogP contribution in [0.3, 0.4) is 0 Å². The van der Waals surface area contributed by atoms with Crippen molar-refractivity contribution >= 4 is 33.2 Å². The summed E-state index contributed by atoms with van der Waals surface area (Å²) in [6.07, 6.45) is 3.62. The minimum Gasteiger partial charge on any atom is -0.300 e. The number of nitrogens with one attached hydrogen (secondary N) is 1. The Morgan fingerprint density at radius 3 is 2.61 bits per heavy atom. The van der Waals surface area contributed by atoms with Crippen molar-refractivity contribution in [1.82, 2.24) is 9.62 Å². The van der Waals surface area contributed by atoms with Crippen LogP contribution >= 0.6 is 23.2 Å². The topological polar surface area (TPSA) is 49.4 Å². The minimum atomic E-state index is -3.66. The molecule has 1 atom stereocenters. The van der Waals surface area contributed by atoms with E-state index in [0.717, 1.165) is 25.6 Å². The first-order valence-corrected chi connectivity index (χ1v) is 10.2. The molecule has 4 nitrogen and oxygen atoms in total. The van der Waals surface area contributed by atoms with Gasteiger partial charge in [0, 0.05) is 24.2 Å². The fourth-order valence-electron chi connectivity index (χ4n) is 3.23. The molecule has 0 amide bonds. The minimum absolute atomic E-state index is 0.112. The van der Waals surface area contributed by atoms with Crippen molar-refractivity contribution < 1.29 is 8.42 Å². The van der Waals surface area contributed by atoms with Gasteiger partial charge in [-0.15, -0.1) is 0 Å². The van der Waals surface area contributed by atoms with Crippen LogP contribution in [0, 0.1) is 19.8 Å². The van der Waals surface area contributed by atoms with Crippen LogP contribution in [0.2, 0.25) is 10.0 Å². The van der Waals surface area contributed by atoms with E-state index in [2.05, 4.69) is 9.62 Å². The second-order valence-corrected chi connectivity index (χ2v) is 9.17. The molecule has 1 heterocycles. The molecule has 0 bridgehead atoms. The van der Waals surface area contributed by atoms with Gasteiger partial charge in [0.15, 0.2) is 0 Å². The van der Waals surface area contributed by atoms with Gasteiger partial charge in [-0.1, -0.05) is 23.2 Å². The molecule has 3 rings (SSSR count). The van der Waals surface area contributed by atoms with Gasteiger partial charge in [-0.2, -0.15) is 0 Å². The maximum Gasteiger partial charge on any atom is 0.242 e. The second kappa shape index (κ2) is 6.52. The summed E-state index contributed by atoms with van der Waals surface area (Å²) < 4.78 is 28.1. The van der Waals surface area contributed by atoms with Crippen molar-refractivity contribution in [2.24, 2.45) is 5.92 Å². The van der Waals surface area contributed by atoms with E-state index >= 15 is 0 Å². The zero-order valence-electron chi connectivity index (χ0n) is 13.4. The highest BCUT2D eigenvalue weighted by atomic mass is 35.5. The molecule has 1 N–H and O–H groups in total. The summed E-state index contributed by atoms with van der Waals surface area (Å²) in [6.45, 7) is 5.96. The molecule has 1 aliphatic carbocycles. The highest BCUT2D eigenvalue weighted by Gasteiger charge is 2.35. The van der Waals surface area contributed by atoms with Crippen LogP contribution in [-0.4, -0.2) is 39.0 Å². The summed E-state index contributed by atoms with van der Waals surface area (Å²) in [5.41, 5.74) is 1.17. The molecule has 0 aromatic heterocycles. The average Bonchev–Trinajstić information content (AvgIpc) is 3.22. The number of nitrogens with zero attached hydrogens (tertiary/aromatic N) is 1. The van der Waals surface area contributed by atoms with Crippen LogP contribution in [0.1, 0.15) is 30.4 Å². The fourth-order valence-corrected chi connectivity index (χ4v) is 5.56. The summed E-state index contributed by atoms with van der Waals surface area (Å²) in [5.74, 6) is 0.365. The van der Waals surface area contributed by atoms with E-state index in [4.69, 9.17) is 23.2 Å². The SMILES string of the molecule is Cc1cc(Cl)c(C)c(S(=O)(=O)NCC2CCN(C3CC3)C2)c1Cl. The van der Waals surface area contributed by atoms with Gasteiger partial charge in [-0.25, -0.2) is 13.1 Å². The second-order valence-electron chi connectivity index (χ2n) is 6.68. The Kier molecular flexibility index (Phi) is 4.96. The summed E-state index contributed by atoms with van der Waals surface area (Å²) in [7, 11) is -3.66. The molecule has 1 unspecified atom stereocenters. The van der Waals surface area contributed by atoms with E-state index in [0.29, 0.717) is 28.6 Å². The number of halogens is 2. The number of rotatable bonds is 5. The van der Waals surface area contributed by atoms with Crippen LogP contribution in [0.5, 0.6) is 0 Å². The van der Waals surface area contributed by atoms with E-state index in [1.165, 1.54) is 12.8 Å². The van der Waals surface area contributed by atoms with Crippen molar-refractivity contribution in [3.8, 4) is 0 Å². The average molecular weight is 377 g/mol. The van der Waals surface area contributed by atoms with Crippen molar-refractivity contribution in [2.75, 3.05) is 19.6 Å². The Balaban J connectivity index is 1.72. The van der Waals surface area contributed by atoms with Crippen LogP contribution in [-0.2, 0) is 10.0 Å². The molecule has 1 aromatic carbocycles. The van der Waals surface area contributed by atoms with E-state index in [1.807, 2.05) is 0 Å². The van der Waals surface area contributed by atoms with Crippen molar-refractivity contribution in [1.29, 1.82) is 0 Å². The number of sulfonamides is 1. The smallest absolute Gasteiger partial charge is 0.242 e. The number of likely N-dealkylation sites (tertiary alicyclic amines) is 1. The van der Waals surface area contributed by atoms with Gasteiger partial charge in [0.25, 0.3) is 0 Å². The maximum atomic E-state index is 12.7. The zero-order valence-corrected chi connectivity index (χ0v) is 15.7. The Morgan fingerprint density at radius 1 is 1.26 bits per heavy atom. The molecule has 7 heteroatoms. The molecule has 0 spiro atoms. The third-order valence-electron chi connectivity index (χ3n) is 4.80. The molecular weight excluding hydrogens is 355 g/mol. The molecular formula is C16H22Cl2N2O2S.